The summed E-state index contributed by atoms with van der Waals surface area (Å²) in [6.45, 7) is 3.74. The molecule has 0 aromatic heterocycles. The topological polar surface area (TPSA) is 91.8 Å². The van der Waals surface area contributed by atoms with E-state index in [1.165, 1.54) is 18.2 Å². The average Bonchev–Trinajstić information content (AvgIpc) is 2.77. The Labute approximate surface area is 175 Å². The van der Waals surface area contributed by atoms with Crippen LogP contribution in [-0.2, 0) is 14.6 Å². The number of hydrogen-bond donors (Lipinski definition) is 0. The molecule has 0 spiro atoms. The molecule has 0 radical (unpaired) electrons. The van der Waals surface area contributed by atoms with Gasteiger partial charge in [0.1, 0.15) is 5.88 Å². The summed E-state index contributed by atoms with van der Waals surface area (Å²) in [6, 6.07) is 10.7. The second-order valence-electron chi connectivity index (χ2n) is 7.51. The zero-order chi connectivity index (χ0) is 21.5. The van der Waals surface area contributed by atoms with Crippen molar-refractivity contribution in [2.75, 3.05) is 32.1 Å². The van der Waals surface area contributed by atoms with E-state index in [1.807, 2.05) is 0 Å². The van der Waals surface area contributed by atoms with E-state index in [9.17, 15) is 22.8 Å². The highest BCUT2D eigenvalue weighted by atomic mass is 32.2. The van der Waals surface area contributed by atoms with Gasteiger partial charge in [0.05, 0.1) is 4.90 Å². The van der Waals surface area contributed by atoms with Gasteiger partial charge in [0.2, 0.25) is 5.91 Å². The number of nitrogens with zero attached hydrogens (tertiary/aromatic N) is 2. The minimum atomic E-state index is -3.70. The summed E-state index contributed by atoms with van der Waals surface area (Å²) in [5, 5.41) is 0. The fourth-order valence-electron chi connectivity index (χ4n) is 3.94. The molecule has 1 saturated heterocycles. The average molecular weight is 426 g/mol. The van der Waals surface area contributed by atoms with Crippen molar-refractivity contribution < 1.29 is 22.8 Å². The van der Waals surface area contributed by atoms with E-state index in [4.69, 9.17) is 0 Å². The van der Waals surface area contributed by atoms with Crippen LogP contribution in [0.5, 0.6) is 0 Å². The maximum Gasteiger partial charge on any atom is 0.222 e. The number of ketones is 2. The fraction of sp³-hybridized carbons (Fsp3) is 0.318. The van der Waals surface area contributed by atoms with E-state index in [0.717, 1.165) is 0 Å². The number of amides is 1. The van der Waals surface area contributed by atoms with Crippen molar-refractivity contribution in [3.05, 3.63) is 64.7 Å². The number of piperazine rings is 1. The van der Waals surface area contributed by atoms with Crippen LogP contribution in [0.1, 0.15) is 45.2 Å². The van der Waals surface area contributed by atoms with Crippen molar-refractivity contribution in [2.24, 2.45) is 0 Å². The summed E-state index contributed by atoms with van der Waals surface area (Å²) in [6.07, 6.45) is 0.434. The van der Waals surface area contributed by atoms with E-state index >= 15 is 0 Å². The maximum absolute atomic E-state index is 13.0. The third-order valence-corrected chi connectivity index (χ3v) is 7.31. The monoisotopic (exact) mass is 426 g/mol. The fourth-order valence-corrected chi connectivity index (χ4v) is 5.40. The van der Waals surface area contributed by atoms with Gasteiger partial charge in [-0.25, -0.2) is 8.42 Å². The van der Waals surface area contributed by atoms with Gasteiger partial charge in [0.15, 0.2) is 21.4 Å². The zero-order valence-corrected chi connectivity index (χ0v) is 17.4. The first-order valence-electron chi connectivity index (χ1n) is 9.87. The molecule has 1 amide bonds. The van der Waals surface area contributed by atoms with Crippen LogP contribution >= 0.6 is 0 Å². The molecule has 1 aliphatic carbocycles. The number of rotatable bonds is 4. The van der Waals surface area contributed by atoms with Gasteiger partial charge in [-0.05, 0) is 18.2 Å². The Kier molecular flexibility index (Phi) is 5.29. The van der Waals surface area contributed by atoms with E-state index in [2.05, 4.69) is 0 Å². The normalized spacial score (nSPS) is 16.9. The summed E-state index contributed by atoms with van der Waals surface area (Å²) >= 11 is 0. The Morgan fingerprint density at radius 2 is 1.43 bits per heavy atom. The Morgan fingerprint density at radius 1 is 0.867 bits per heavy atom. The molecule has 156 valence electrons. The van der Waals surface area contributed by atoms with Gasteiger partial charge in [-0.3, -0.25) is 19.3 Å². The van der Waals surface area contributed by atoms with E-state index in [1.54, 1.807) is 41.0 Å². The van der Waals surface area contributed by atoms with Crippen molar-refractivity contribution >= 4 is 27.3 Å². The van der Waals surface area contributed by atoms with Crippen molar-refractivity contribution in [3.63, 3.8) is 0 Å². The van der Waals surface area contributed by atoms with Crippen LogP contribution in [0.15, 0.2) is 47.4 Å². The van der Waals surface area contributed by atoms with Gasteiger partial charge in [0.25, 0.3) is 0 Å². The van der Waals surface area contributed by atoms with E-state index in [0.29, 0.717) is 43.7 Å². The number of hydrogen-bond acceptors (Lipinski definition) is 6. The smallest absolute Gasteiger partial charge is 0.222 e. The second kappa shape index (κ2) is 7.77. The van der Waals surface area contributed by atoms with Crippen molar-refractivity contribution in [3.8, 4) is 0 Å². The summed E-state index contributed by atoms with van der Waals surface area (Å²) in [7, 11) is -3.70. The second-order valence-corrected chi connectivity index (χ2v) is 9.47. The Hall–Kier alpha value is -2.84. The minimum absolute atomic E-state index is 0.0221. The lowest BCUT2D eigenvalue weighted by Gasteiger charge is -2.34. The molecular weight excluding hydrogens is 404 g/mol. The van der Waals surface area contributed by atoms with Gasteiger partial charge in [-0.15, -0.1) is 0 Å². The highest BCUT2D eigenvalue weighted by Crippen LogP contribution is 2.29. The van der Waals surface area contributed by atoms with Gasteiger partial charge in [-0.1, -0.05) is 31.2 Å². The van der Waals surface area contributed by atoms with Crippen LogP contribution in [0.2, 0.25) is 0 Å². The molecule has 1 heterocycles. The molecule has 0 bridgehead atoms. The molecule has 1 fully saturated rings. The Morgan fingerprint density at radius 3 is 2.03 bits per heavy atom. The lowest BCUT2D eigenvalue weighted by Crippen LogP contribution is -2.49. The molecule has 0 atom stereocenters. The first-order valence-corrected chi connectivity index (χ1v) is 11.5. The maximum atomic E-state index is 13.0. The van der Waals surface area contributed by atoms with Crippen molar-refractivity contribution in [1.29, 1.82) is 0 Å². The third-order valence-electron chi connectivity index (χ3n) is 5.64. The van der Waals surface area contributed by atoms with Gasteiger partial charge in [0, 0.05) is 54.9 Å². The van der Waals surface area contributed by atoms with Crippen LogP contribution in [0, 0.1) is 0 Å². The van der Waals surface area contributed by atoms with Gasteiger partial charge in [-0.2, -0.15) is 0 Å². The van der Waals surface area contributed by atoms with Crippen LogP contribution in [0.25, 0.3) is 0 Å². The predicted molar refractivity (Wildman–Crippen MR) is 110 cm³/mol. The zero-order valence-electron chi connectivity index (χ0n) is 16.6. The molecule has 2 aliphatic rings. The minimum Gasteiger partial charge on any atom is -0.340 e. The number of carbonyl (C=O) groups excluding carboxylic acids is 3. The quantitative estimate of drug-likeness (QED) is 0.631. The lowest BCUT2D eigenvalue weighted by molar-refractivity contribution is -0.132. The van der Waals surface area contributed by atoms with Crippen molar-refractivity contribution in [2.45, 2.75) is 18.2 Å². The molecule has 0 unspecified atom stereocenters. The summed E-state index contributed by atoms with van der Waals surface area (Å²) < 4.78 is 25.9. The first-order chi connectivity index (χ1) is 14.3. The molecule has 30 heavy (non-hydrogen) atoms. The van der Waals surface area contributed by atoms with Crippen molar-refractivity contribution in [1.82, 2.24) is 9.80 Å². The van der Waals surface area contributed by atoms with Crippen LogP contribution in [0.3, 0.4) is 0 Å². The molecule has 4 rings (SSSR count). The van der Waals surface area contributed by atoms with Crippen LogP contribution in [0.4, 0.5) is 0 Å². The number of fused-ring (bicyclic) bond motifs is 2. The molecule has 2 aromatic carbocycles. The number of carbonyl (C=O) groups is 3. The van der Waals surface area contributed by atoms with Crippen LogP contribution < -0.4 is 0 Å². The molecule has 0 N–H and O–H groups in total. The molecule has 1 aliphatic heterocycles. The standard InChI is InChI=1S/C22H22N2O5S/c1-2-20(25)24-11-9-23(10-12-24)14-30(28,29)15-7-8-18-19(13-15)22(27)17-6-4-3-5-16(17)21(18)26/h3-8,13H,2,9-12,14H2,1H3. The number of sulfone groups is 1. The Bertz CT molecular complexity index is 1150. The summed E-state index contributed by atoms with van der Waals surface area (Å²) in [4.78, 5) is 40.9. The predicted octanol–water partition coefficient (Wildman–Crippen LogP) is 1.75. The SMILES string of the molecule is CCC(=O)N1CCN(CS(=O)(=O)c2ccc3c(c2)C(=O)c2ccccc2C3=O)CC1. The molecule has 8 heteroatoms. The Balaban J connectivity index is 1.56. The van der Waals surface area contributed by atoms with Crippen LogP contribution in [-0.4, -0.2) is 67.7 Å². The molecule has 0 saturated carbocycles. The highest BCUT2D eigenvalue weighted by molar-refractivity contribution is 7.91. The highest BCUT2D eigenvalue weighted by Gasteiger charge is 2.31. The van der Waals surface area contributed by atoms with E-state index < -0.39 is 9.84 Å². The number of benzene rings is 2. The molecule has 7 nitrogen and oxygen atoms in total. The lowest BCUT2D eigenvalue weighted by atomic mass is 9.84. The summed E-state index contributed by atoms with van der Waals surface area (Å²) in [5.74, 6) is -0.751. The largest absolute Gasteiger partial charge is 0.340 e. The molecular formula is C22H22N2O5S. The first kappa shape index (κ1) is 20.4. The van der Waals surface area contributed by atoms with Gasteiger partial charge < -0.3 is 4.90 Å². The van der Waals surface area contributed by atoms with Gasteiger partial charge >= 0.3 is 0 Å². The summed E-state index contributed by atoms with van der Waals surface area (Å²) in [5.41, 5.74) is 0.980. The van der Waals surface area contributed by atoms with E-state index in [-0.39, 0.29) is 39.4 Å². The molecule has 2 aromatic rings. The third kappa shape index (κ3) is 3.57.